The van der Waals surface area contributed by atoms with Crippen molar-refractivity contribution in [1.82, 2.24) is 34.5 Å². The highest BCUT2D eigenvalue weighted by atomic mass is 19.1. The third kappa shape index (κ3) is 8.37. The first-order valence-electron chi connectivity index (χ1n) is 21.8. The van der Waals surface area contributed by atoms with Gasteiger partial charge in [-0.05, 0) is 114 Å². The van der Waals surface area contributed by atoms with Crippen molar-refractivity contribution >= 4 is 51.4 Å². The number of nitriles is 1. The number of nitrogens with zero attached hydrogens (tertiary/aromatic N) is 8. The molecule has 1 atom stereocenters. The topological polar surface area (TPSA) is 181 Å². The number of aromatic nitrogens is 4. The number of halogens is 2. The number of carbonyl (C=O) groups excluding carboxylic acids is 4. The number of rotatable bonds is 8. The monoisotopic (exact) mass is 860 g/mol. The van der Waals surface area contributed by atoms with Crippen molar-refractivity contribution in [3.05, 3.63) is 88.9 Å². The lowest BCUT2D eigenvalue weighted by Gasteiger charge is -2.42. The van der Waals surface area contributed by atoms with Gasteiger partial charge < -0.3 is 25.1 Å². The molecular formula is C46H50F2N10O5. The Labute approximate surface area is 362 Å². The highest BCUT2D eigenvalue weighted by Gasteiger charge is 2.36. The number of amides is 4. The highest BCUT2D eigenvalue weighted by Crippen LogP contribution is 2.37. The molecule has 3 N–H and O–H groups in total. The molecule has 4 amide bonds. The van der Waals surface area contributed by atoms with Crippen molar-refractivity contribution < 1.29 is 33.1 Å². The number of anilines is 2. The molecule has 9 rings (SSSR count). The lowest BCUT2D eigenvalue weighted by molar-refractivity contribution is -0.138. The van der Waals surface area contributed by atoms with Crippen molar-refractivity contribution in [2.75, 3.05) is 49.5 Å². The first-order valence-corrected chi connectivity index (χ1v) is 21.8. The van der Waals surface area contributed by atoms with Gasteiger partial charge in [0.1, 0.15) is 23.4 Å². The summed E-state index contributed by atoms with van der Waals surface area (Å²) in [6, 6.07) is 13.9. The minimum atomic E-state index is -1.27. The fourth-order valence-corrected chi connectivity index (χ4v) is 10.0. The molecule has 15 nitrogen and oxygen atoms in total. The smallest absolute Gasteiger partial charge is 0.274 e. The van der Waals surface area contributed by atoms with Gasteiger partial charge in [-0.25, -0.2) is 13.3 Å². The zero-order valence-corrected chi connectivity index (χ0v) is 35.3. The van der Waals surface area contributed by atoms with Crippen LogP contribution in [0.3, 0.4) is 0 Å². The van der Waals surface area contributed by atoms with Crippen LogP contribution in [0.15, 0.2) is 54.9 Å². The molecule has 0 unspecified atom stereocenters. The first kappa shape index (κ1) is 42.1. The maximum atomic E-state index is 15.2. The van der Waals surface area contributed by atoms with Crippen LogP contribution in [0.5, 0.6) is 0 Å². The highest BCUT2D eigenvalue weighted by molar-refractivity contribution is 6.05. The van der Waals surface area contributed by atoms with Gasteiger partial charge >= 0.3 is 0 Å². The average Bonchev–Trinajstić information content (AvgIpc) is 3.90. The van der Waals surface area contributed by atoms with E-state index in [1.54, 1.807) is 32.0 Å². The lowest BCUT2D eigenvalue weighted by Crippen LogP contribution is -2.52. The second kappa shape index (κ2) is 16.8. The number of piperazine rings is 1. The van der Waals surface area contributed by atoms with Crippen molar-refractivity contribution in [3.63, 3.8) is 0 Å². The van der Waals surface area contributed by atoms with E-state index in [4.69, 9.17) is 5.10 Å². The van der Waals surface area contributed by atoms with E-state index in [9.17, 15) is 29.5 Å². The molecule has 328 valence electrons. The quantitative estimate of drug-likeness (QED) is 0.172. The molecule has 1 aliphatic carbocycles. The molecule has 3 aliphatic heterocycles. The molecule has 4 aliphatic rings. The SMILES string of the molecule is CC(C)(O)c1cc2nn(C3CCC(N4CCC(C(=O)N5CCN(c6cc(F)c([C@H]7CCC(=O)NC7=O)c(F)c6)CC5)CC4)CC3)cc2cc1NC(=O)c1ccc2cc(C#N)cnn12. The number of carbonyl (C=O) groups is 4. The minimum Gasteiger partial charge on any atom is -0.386 e. The van der Waals surface area contributed by atoms with Gasteiger partial charge in [0.05, 0.1) is 40.4 Å². The number of hydrogen-bond donors (Lipinski definition) is 3. The Bertz CT molecular complexity index is 2640. The minimum absolute atomic E-state index is 0.0287. The van der Waals surface area contributed by atoms with Crippen LogP contribution < -0.4 is 15.5 Å². The summed E-state index contributed by atoms with van der Waals surface area (Å²) in [7, 11) is 0. The summed E-state index contributed by atoms with van der Waals surface area (Å²) in [6.07, 6.45) is 8.96. The maximum Gasteiger partial charge on any atom is 0.274 e. The molecule has 17 heteroatoms. The van der Waals surface area contributed by atoms with Crippen LogP contribution >= 0.6 is 0 Å². The van der Waals surface area contributed by atoms with E-state index < -0.39 is 40.9 Å². The third-order valence-corrected chi connectivity index (χ3v) is 13.5. The van der Waals surface area contributed by atoms with E-state index in [1.165, 1.54) is 22.8 Å². The molecule has 0 spiro atoms. The predicted octanol–water partition coefficient (Wildman–Crippen LogP) is 5.38. The van der Waals surface area contributed by atoms with Gasteiger partial charge in [-0.3, -0.25) is 29.2 Å². The van der Waals surface area contributed by atoms with Crippen molar-refractivity contribution in [2.24, 2.45) is 5.92 Å². The molecule has 5 aromatic rings. The number of fused-ring (bicyclic) bond motifs is 2. The van der Waals surface area contributed by atoms with Crippen LogP contribution in [0.25, 0.3) is 16.4 Å². The summed E-state index contributed by atoms with van der Waals surface area (Å²) in [5, 5.41) is 35.6. The summed E-state index contributed by atoms with van der Waals surface area (Å²) in [5.41, 5.74) is 1.82. The van der Waals surface area contributed by atoms with Gasteiger partial charge in [-0.15, -0.1) is 0 Å². The summed E-state index contributed by atoms with van der Waals surface area (Å²) in [4.78, 5) is 57.3. The maximum absolute atomic E-state index is 15.2. The summed E-state index contributed by atoms with van der Waals surface area (Å²) < 4.78 is 33.9. The number of imide groups is 1. The van der Waals surface area contributed by atoms with Crippen molar-refractivity contribution in [2.45, 2.75) is 88.8 Å². The predicted molar refractivity (Wildman–Crippen MR) is 229 cm³/mol. The third-order valence-electron chi connectivity index (χ3n) is 13.5. The summed E-state index contributed by atoms with van der Waals surface area (Å²) >= 11 is 0. The first-order chi connectivity index (χ1) is 30.2. The Balaban J connectivity index is 0.770. The average molecular weight is 861 g/mol. The van der Waals surface area contributed by atoms with Gasteiger partial charge in [0.25, 0.3) is 5.91 Å². The summed E-state index contributed by atoms with van der Waals surface area (Å²) in [6.45, 7) is 6.81. The number of hydrogen-bond acceptors (Lipinski definition) is 10. The molecule has 4 fully saturated rings. The van der Waals surface area contributed by atoms with Gasteiger partial charge in [0.15, 0.2) is 0 Å². The number of nitrogens with one attached hydrogen (secondary N) is 2. The molecule has 3 aromatic heterocycles. The fourth-order valence-electron chi connectivity index (χ4n) is 10.0. The molecule has 1 saturated carbocycles. The van der Waals surface area contributed by atoms with E-state index in [0.29, 0.717) is 65.9 Å². The molecule has 0 bridgehead atoms. The number of likely N-dealkylation sites (tertiary alicyclic amines) is 1. The van der Waals surface area contributed by atoms with Gasteiger partial charge in [0.2, 0.25) is 17.7 Å². The van der Waals surface area contributed by atoms with E-state index in [-0.39, 0.29) is 36.3 Å². The molecular weight excluding hydrogens is 811 g/mol. The van der Waals surface area contributed by atoms with Crippen LogP contribution in [-0.2, 0) is 20.0 Å². The van der Waals surface area contributed by atoms with Crippen molar-refractivity contribution in [1.29, 1.82) is 5.26 Å². The van der Waals surface area contributed by atoms with Crippen LogP contribution in [0.4, 0.5) is 20.2 Å². The van der Waals surface area contributed by atoms with E-state index in [1.807, 2.05) is 32.8 Å². The van der Waals surface area contributed by atoms with Gasteiger partial charge in [-0.1, -0.05) is 0 Å². The second-order valence-corrected chi connectivity index (χ2v) is 17.9. The molecule has 3 saturated heterocycles. The fraction of sp³-hybridized carbons (Fsp3) is 0.457. The van der Waals surface area contributed by atoms with Crippen LogP contribution in [0.1, 0.15) is 104 Å². The second-order valence-electron chi connectivity index (χ2n) is 17.9. The van der Waals surface area contributed by atoms with Gasteiger partial charge in [-0.2, -0.15) is 15.5 Å². The number of benzene rings is 2. The molecule has 2 aromatic carbocycles. The van der Waals surface area contributed by atoms with Crippen molar-refractivity contribution in [3.8, 4) is 6.07 Å². The standard InChI is InChI=1S/C46H50F2N10O5/c1-46(2,63)35-23-38-29(20-39(35)51-44(61)40-9-7-32-19-27(24-49)25-50-58(32)40)26-57(53-38)31-5-3-30(4-6-31)54-13-11-28(12-14-54)45(62)56-17-15-55(16-18-56)33-21-36(47)42(37(48)22-33)34-8-10-41(59)52-43(34)60/h7,9,19-23,25-26,28,30-31,34,63H,3-6,8,10-18H2,1-2H3,(H,51,61)(H,52,59,60)/t30?,31?,34-/m1/s1. The normalized spacial score (nSPS) is 21.7. The zero-order valence-electron chi connectivity index (χ0n) is 35.3. The Morgan fingerprint density at radius 3 is 2.27 bits per heavy atom. The number of piperidine rings is 2. The van der Waals surface area contributed by atoms with Crippen LogP contribution in [0.2, 0.25) is 0 Å². The molecule has 6 heterocycles. The van der Waals surface area contributed by atoms with Gasteiger partial charge in [0, 0.05) is 78.6 Å². The Kier molecular flexibility index (Phi) is 11.2. The summed E-state index contributed by atoms with van der Waals surface area (Å²) in [5.74, 6) is -4.14. The largest absolute Gasteiger partial charge is 0.386 e. The lowest BCUT2D eigenvalue weighted by atomic mass is 9.87. The van der Waals surface area contributed by atoms with Crippen LogP contribution in [0, 0.1) is 28.9 Å². The molecule has 63 heavy (non-hydrogen) atoms. The van der Waals surface area contributed by atoms with E-state index in [0.717, 1.165) is 62.5 Å². The Morgan fingerprint density at radius 1 is 0.905 bits per heavy atom. The number of aliphatic hydroxyl groups is 1. The molecule has 0 radical (unpaired) electrons. The Morgan fingerprint density at radius 2 is 1.60 bits per heavy atom. The Hall–Kier alpha value is -6.25. The van der Waals surface area contributed by atoms with E-state index >= 15 is 8.78 Å². The zero-order chi connectivity index (χ0) is 44.2. The van der Waals surface area contributed by atoms with Crippen LogP contribution in [-0.4, -0.2) is 103 Å². The van der Waals surface area contributed by atoms with E-state index in [2.05, 4.69) is 26.7 Å².